The molecule has 2 aromatic rings. The fourth-order valence-electron chi connectivity index (χ4n) is 2.88. The van der Waals surface area contributed by atoms with E-state index in [4.69, 9.17) is 4.74 Å². The molecule has 1 aliphatic heterocycles. The number of nitrogens with zero attached hydrogens (tertiary/aromatic N) is 2. The van der Waals surface area contributed by atoms with Gasteiger partial charge in [-0.15, -0.1) is 0 Å². The molecule has 1 amide bonds. The fraction of sp³-hybridized carbons (Fsp3) is 0.333. The van der Waals surface area contributed by atoms with Crippen LogP contribution in [-0.4, -0.2) is 52.9 Å². The minimum atomic E-state index is -4.77. The lowest BCUT2D eigenvalue weighted by molar-refractivity contribution is -0.253. The SMILES string of the molecule is COc1ccc(-c2cncc(C(=O)N3CCC(O)(C(F)(F)F)C3)c2)cc1. The highest BCUT2D eigenvalue weighted by molar-refractivity contribution is 5.95. The molecule has 8 heteroatoms. The summed E-state index contributed by atoms with van der Waals surface area (Å²) in [5, 5.41) is 9.73. The Balaban J connectivity index is 1.81. The van der Waals surface area contributed by atoms with E-state index in [0.29, 0.717) is 11.3 Å². The van der Waals surface area contributed by atoms with E-state index in [9.17, 15) is 23.1 Å². The molecule has 3 rings (SSSR count). The maximum Gasteiger partial charge on any atom is 0.419 e. The Morgan fingerprint density at radius 3 is 2.50 bits per heavy atom. The average molecular weight is 366 g/mol. The first-order chi connectivity index (χ1) is 12.2. The molecule has 0 saturated carbocycles. The second-order valence-electron chi connectivity index (χ2n) is 6.20. The molecule has 1 N–H and O–H groups in total. The second-order valence-corrected chi connectivity index (χ2v) is 6.20. The molecular formula is C18H17F3N2O3. The van der Waals surface area contributed by atoms with Gasteiger partial charge in [-0.1, -0.05) is 12.1 Å². The van der Waals surface area contributed by atoms with E-state index in [1.807, 2.05) is 0 Å². The molecule has 1 atom stereocenters. The van der Waals surface area contributed by atoms with Gasteiger partial charge < -0.3 is 14.7 Å². The van der Waals surface area contributed by atoms with Crippen molar-refractivity contribution in [1.29, 1.82) is 0 Å². The Kier molecular flexibility index (Phi) is 4.62. The van der Waals surface area contributed by atoms with Crippen LogP contribution < -0.4 is 4.74 Å². The van der Waals surface area contributed by atoms with Crippen molar-refractivity contribution in [2.75, 3.05) is 20.2 Å². The highest BCUT2D eigenvalue weighted by atomic mass is 19.4. The fourth-order valence-corrected chi connectivity index (χ4v) is 2.88. The third-order valence-corrected chi connectivity index (χ3v) is 4.47. The van der Waals surface area contributed by atoms with Crippen molar-refractivity contribution in [2.45, 2.75) is 18.2 Å². The van der Waals surface area contributed by atoms with E-state index in [-0.39, 0.29) is 12.1 Å². The lowest BCUT2D eigenvalue weighted by Gasteiger charge is -2.25. The van der Waals surface area contributed by atoms with E-state index < -0.39 is 30.7 Å². The minimum Gasteiger partial charge on any atom is -0.497 e. The quantitative estimate of drug-likeness (QED) is 0.907. The van der Waals surface area contributed by atoms with Crippen molar-refractivity contribution in [3.8, 4) is 16.9 Å². The topological polar surface area (TPSA) is 62.7 Å². The Labute approximate surface area is 148 Å². The maximum absolute atomic E-state index is 12.9. The summed E-state index contributed by atoms with van der Waals surface area (Å²) in [5.41, 5.74) is -1.24. The Morgan fingerprint density at radius 2 is 1.92 bits per heavy atom. The van der Waals surface area contributed by atoms with Crippen molar-refractivity contribution in [3.05, 3.63) is 48.3 Å². The lowest BCUT2D eigenvalue weighted by Crippen LogP contribution is -2.48. The third-order valence-electron chi connectivity index (χ3n) is 4.47. The number of carbonyl (C=O) groups is 1. The molecule has 1 fully saturated rings. The largest absolute Gasteiger partial charge is 0.497 e. The number of aromatic nitrogens is 1. The van der Waals surface area contributed by atoms with Gasteiger partial charge in [-0.2, -0.15) is 13.2 Å². The van der Waals surface area contributed by atoms with Gasteiger partial charge in [0.2, 0.25) is 0 Å². The molecule has 1 aromatic carbocycles. The summed E-state index contributed by atoms with van der Waals surface area (Å²) in [5.74, 6) is 0.0884. The van der Waals surface area contributed by atoms with Crippen LogP contribution in [0.3, 0.4) is 0 Å². The van der Waals surface area contributed by atoms with Gasteiger partial charge in [-0.05, 0) is 23.8 Å². The minimum absolute atomic E-state index is 0.165. The van der Waals surface area contributed by atoms with E-state index >= 15 is 0 Å². The summed E-state index contributed by atoms with van der Waals surface area (Å²) in [6.45, 7) is -0.941. The predicted octanol–water partition coefficient (Wildman–Crippen LogP) is 2.90. The Bertz CT molecular complexity index is 808. The van der Waals surface area contributed by atoms with E-state index in [2.05, 4.69) is 4.98 Å². The van der Waals surface area contributed by atoms with Crippen LogP contribution in [0.15, 0.2) is 42.7 Å². The van der Waals surface area contributed by atoms with Gasteiger partial charge in [-0.25, -0.2) is 0 Å². The zero-order valence-corrected chi connectivity index (χ0v) is 14.0. The maximum atomic E-state index is 12.9. The van der Waals surface area contributed by atoms with Crippen LogP contribution in [0, 0.1) is 0 Å². The van der Waals surface area contributed by atoms with Crippen LogP contribution in [0.25, 0.3) is 11.1 Å². The summed E-state index contributed by atoms with van der Waals surface area (Å²) >= 11 is 0. The number of rotatable bonds is 3. The van der Waals surface area contributed by atoms with Gasteiger partial charge in [0.1, 0.15) is 5.75 Å². The van der Waals surface area contributed by atoms with Gasteiger partial charge in [0.05, 0.1) is 19.2 Å². The summed E-state index contributed by atoms with van der Waals surface area (Å²) in [7, 11) is 1.55. The normalized spacial score (nSPS) is 20.3. The third kappa shape index (κ3) is 3.37. The van der Waals surface area contributed by atoms with Gasteiger partial charge >= 0.3 is 6.18 Å². The van der Waals surface area contributed by atoms with E-state index in [1.54, 1.807) is 43.6 Å². The number of halogens is 3. The molecule has 1 aromatic heterocycles. The zero-order valence-electron chi connectivity index (χ0n) is 14.0. The number of pyridine rings is 1. The molecular weight excluding hydrogens is 349 g/mol. The van der Waals surface area contributed by atoms with E-state index in [0.717, 1.165) is 10.5 Å². The average Bonchev–Trinajstić information content (AvgIpc) is 3.05. The second kappa shape index (κ2) is 6.60. The summed E-state index contributed by atoms with van der Waals surface area (Å²) in [4.78, 5) is 17.6. The first-order valence-electron chi connectivity index (χ1n) is 7.91. The summed E-state index contributed by atoms with van der Waals surface area (Å²) < 4.78 is 43.9. The molecule has 5 nitrogen and oxygen atoms in total. The number of likely N-dealkylation sites (tertiary alicyclic amines) is 1. The highest BCUT2D eigenvalue weighted by Crippen LogP contribution is 2.38. The number of hydrogen-bond acceptors (Lipinski definition) is 4. The zero-order chi connectivity index (χ0) is 18.9. The molecule has 1 aliphatic rings. The molecule has 2 heterocycles. The predicted molar refractivity (Wildman–Crippen MR) is 87.8 cm³/mol. The summed E-state index contributed by atoms with van der Waals surface area (Å²) in [6, 6.07) is 8.67. The van der Waals surface area contributed by atoms with E-state index in [1.165, 1.54) is 6.20 Å². The highest BCUT2D eigenvalue weighted by Gasteiger charge is 2.57. The number of ether oxygens (including phenoxy) is 1. The number of alkyl halides is 3. The van der Waals surface area contributed by atoms with Crippen molar-refractivity contribution in [3.63, 3.8) is 0 Å². The van der Waals surface area contributed by atoms with Gasteiger partial charge in [0, 0.05) is 30.9 Å². The van der Waals surface area contributed by atoms with Crippen LogP contribution in [0.2, 0.25) is 0 Å². The van der Waals surface area contributed by atoms with Gasteiger partial charge in [0.15, 0.2) is 5.60 Å². The molecule has 0 radical (unpaired) electrons. The molecule has 1 unspecified atom stereocenters. The van der Waals surface area contributed by atoms with Crippen molar-refractivity contribution < 1.29 is 27.8 Å². The Morgan fingerprint density at radius 1 is 1.23 bits per heavy atom. The molecule has 0 bridgehead atoms. The number of hydrogen-bond donors (Lipinski definition) is 1. The van der Waals surface area contributed by atoms with Crippen LogP contribution in [-0.2, 0) is 0 Å². The number of aliphatic hydroxyl groups is 1. The monoisotopic (exact) mass is 366 g/mol. The number of carbonyl (C=O) groups excluding carboxylic acids is 1. The van der Waals surface area contributed by atoms with Crippen LogP contribution in [0.4, 0.5) is 13.2 Å². The number of benzene rings is 1. The smallest absolute Gasteiger partial charge is 0.419 e. The van der Waals surface area contributed by atoms with Crippen molar-refractivity contribution >= 4 is 5.91 Å². The van der Waals surface area contributed by atoms with Gasteiger partial charge in [0.25, 0.3) is 5.91 Å². The Hall–Kier alpha value is -2.61. The lowest BCUT2D eigenvalue weighted by atomic mass is 10.0. The number of methoxy groups -OCH3 is 1. The molecule has 26 heavy (non-hydrogen) atoms. The van der Waals surface area contributed by atoms with Crippen molar-refractivity contribution in [1.82, 2.24) is 9.88 Å². The standard InChI is InChI=1S/C18H17F3N2O3/c1-26-15-4-2-12(3-5-15)13-8-14(10-22-9-13)16(24)23-7-6-17(25,11-23)18(19,20)21/h2-5,8-10,25H,6-7,11H2,1H3. The van der Waals surface area contributed by atoms with Gasteiger partial charge in [-0.3, -0.25) is 9.78 Å². The number of β-amino-alcohol motifs (C(OH)–C–C–N with tert-alkyl or cyclic N) is 1. The number of amides is 1. The van der Waals surface area contributed by atoms with Crippen LogP contribution >= 0.6 is 0 Å². The first-order valence-corrected chi connectivity index (χ1v) is 7.91. The molecule has 0 spiro atoms. The first kappa shape index (κ1) is 18.2. The van der Waals surface area contributed by atoms with Crippen LogP contribution in [0.1, 0.15) is 16.8 Å². The molecule has 0 aliphatic carbocycles. The molecule has 1 saturated heterocycles. The summed E-state index contributed by atoms with van der Waals surface area (Å²) in [6.07, 6.45) is -2.44. The molecule has 138 valence electrons. The van der Waals surface area contributed by atoms with Crippen molar-refractivity contribution in [2.24, 2.45) is 0 Å². The van der Waals surface area contributed by atoms with Crippen LogP contribution in [0.5, 0.6) is 5.75 Å².